The van der Waals surface area contributed by atoms with Crippen LogP contribution in [0.3, 0.4) is 0 Å². The van der Waals surface area contributed by atoms with Crippen molar-refractivity contribution in [3.05, 3.63) is 35.9 Å². The molecule has 0 heterocycles. The second-order valence-corrected chi connectivity index (χ2v) is 3.53. The summed E-state index contributed by atoms with van der Waals surface area (Å²) < 4.78 is 0. The van der Waals surface area contributed by atoms with Gasteiger partial charge in [-0.15, -0.1) is 0 Å². The fourth-order valence-corrected chi connectivity index (χ4v) is 1.05. The summed E-state index contributed by atoms with van der Waals surface area (Å²) in [6.07, 6.45) is 1.26. The van der Waals surface area contributed by atoms with Crippen molar-refractivity contribution in [2.24, 2.45) is 5.73 Å². The van der Waals surface area contributed by atoms with Crippen molar-refractivity contribution >= 4 is 5.91 Å². The van der Waals surface area contributed by atoms with Crippen molar-refractivity contribution in [3.8, 4) is 0 Å². The summed E-state index contributed by atoms with van der Waals surface area (Å²) in [6.45, 7) is 3.39. The van der Waals surface area contributed by atoms with Crippen LogP contribution in [-0.2, 0) is 0 Å². The fourth-order valence-electron chi connectivity index (χ4n) is 1.05. The van der Waals surface area contributed by atoms with Crippen LogP contribution in [0.5, 0.6) is 0 Å². The van der Waals surface area contributed by atoms with Crippen LogP contribution >= 0.6 is 0 Å². The molecule has 0 aliphatic heterocycles. The maximum atomic E-state index is 10.4. The Bertz CT molecular complexity index is 270. The van der Waals surface area contributed by atoms with Crippen LogP contribution in [0.1, 0.15) is 23.7 Å². The number of hydrogen-bond acceptors (Lipinski definition) is 2. The zero-order chi connectivity index (χ0) is 11.7. The molecule has 1 aromatic carbocycles. The van der Waals surface area contributed by atoms with Crippen molar-refractivity contribution < 1.29 is 4.79 Å². The van der Waals surface area contributed by atoms with Gasteiger partial charge in [-0.3, -0.25) is 4.79 Å². The van der Waals surface area contributed by atoms with Crippen LogP contribution < -0.4 is 5.73 Å². The molecule has 0 aliphatic rings. The van der Waals surface area contributed by atoms with Crippen LogP contribution in [0, 0.1) is 0 Å². The Kier molecular flexibility index (Phi) is 7.28. The van der Waals surface area contributed by atoms with E-state index in [0.29, 0.717) is 5.56 Å². The average molecular weight is 208 g/mol. The third-order valence-corrected chi connectivity index (χ3v) is 1.73. The van der Waals surface area contributed by atoms with E-state index < -0.39 is 0 Å². The molecule has 0 aliphatic carbocycles. The van der Waals surface area contributed by atoms with Crippen LogP contribution in [0.15, 0.2) is 30.3 Å². The van der Waals surface area contributed by atoms with Gasteiger partial charge in [0, 0.05) is 5.56 Å². The minimum absolute atomic E-state index is 0.379. The van der Waals surface area contributed by atoms with Crippen molar-refractivity contribution in [1.82, 2.24) is 4.90 Å². The molecule has 0 atom stereocenters. The van der Waals surface area contributed by atoms with Gasteiger partial charge in [0.2, 0.25) is 5.91 Å². The van der Waals surface area contributed by atoms with Gasteiger partial charge in [-0.25, -0.2) is 0 Å². The van der Waals surface area contributed by atoms with Crippen molar-refractivity contribution in [2.45, 2.75) is 13.3 Å². The number of carbonyl (C=O) groups is 1. The lowest BCUT2D eigenvalue weighted by atomic mass is 10.2. The number of nitrogens with two attached hydrogens (primary N) is 1. The Labute approximate surface area is 91.9 Å². The molecule has 0 fully saturated rings. The van der Waals surface area contributed by atoms with E-state index in [-0.39, 0.29) is 5.91 Å². The van der Waals surface area contributed by atoms with Gasteiger partial charge in [0.25, 0.3) is 0 Å². The molecule has 1 rings (SSSR count). The number of hydrogen-bond donors (Lipinski definition) is 1. The highest BCUT2D eigenvalue weighted by molar-refractivity contribution is 5.92. The average Bonchev–Trinajstić information content (AvgIpc) is 2.20. The molecule has 3 nitrogen and oxygen atoms in total. The fraction of sp³-hybridized carbons (Fsp3) is 0.417. The van der Waals surface area contributed by atoms with Crippen molar-refractivity contribution in [1.29, 1.82) is 0 Å². The highest BCUT2D eigenvalue weighted by atomic mass is 16.1. The molecule has 1 aromatic rings. The predicted octanol–water partition coefficient (Wildman–Crippen LogP) is 1.74. The van der Waals surface area contributed by atoms with Crippen molar-refractivity contribution in [2.75, 3.05) is 20.6 Å². The zero-order valence-electron chi connectivity index (χ0n) is 9.73. The Morgan fingerprint density at radius 1 is 1.27 bits per heavy atom. The second kappa shape index (κ2) is 8.00. The minimum atomic E-state index is -0.379. The molecular weight excluding hydrogens is 188 g/mol. The van der Waals surface area contributed by atoms with Crippen LogP contribution in [0.2, 0.25) is 0 Å². The summed E-state index contributed by atoms with van der Waals surface area (Å²) in [6, 6.07) is 8.76. The Hall–Kier alpha value is -1.35. The number of amides is 1. The predicted molar refractivity (Wildman–Crippen MR) is 63.8 cm³/mol. The molecule has 0 aromatic heterocycles. The van der Waals surface area contributed by atoms with Crippen LogP contribution in [0.25, 0.3) is 0 Å². The summed E-state index contributed by atoms with van der Waals surface area (Å²) in [4.78, 5) is 12.6. The topological polar surface area (TPSA) is 46.3 Å². The number of primary amides is 1. The smallest absolute Gasteiger partial charge is 0.248 e. The SMILES string of the molecule is CCCN(C)C.NC(=O)c1ccccc1. The van der Waals surface area contributed by atoms with Crippen LogP contribution in [0.4, 0.5) is 0 Å². The maximum absolute atomic E-state index is 10.4. The summed E-state index contributed by atoms with van der Waals surface area (Å²) in [5.74, 6) is -0.379. The van der Waals surface area contributed by atoms with E-state index in [1.807, 2.05) is 6.07 Å². The van der Waals surface area contributed by atoms with E-state index in [1.54, 1.807) is 24.3 Å². The lowest BCUT2D eigenvalue weighted by molar-refractivity contribution is 0.100. The molecule has 15 heavy (non-hydrogen) atoms. The number of carbonyl (C=O) groups excluding carboxylic acids is 1. The van der Waals surface area contributed by atoms with Gasteiger partial charge < -0.3 is 10.6 Å². The van der Waals surface area contributed by atoms with Crippen molar-refractivity contribution in [3.63, 3.8) is 0 Å². The largest absolute Gasteiger partial charge is 0.366 e. The molecule has 84 valence electrons. The first-order valence-electron chi connectivity index (χ1n) is 5.07. The molecule has 2 N–H and O–H groups in total. The molecule has 1 amide bonds. The first-order chi connectivity index (χ1) is 7.07. The van der Waals surface area contributed by atoms with E-state index in [1.165, 1.54) is 13.0 Å². The van der Waals surface area contributed by atoms with E-state index in [0.717, 1.165) is 0 Å². The van der Waals surface area contributed by atoms with Gasteiger partial charge in [-0.05, 0) is 39.2 Å². The van der Waals surface area contributed by atoms with Gasteiger partial charge >= 0.3 is 0 Å². The normalized spacial score (nSPS) is 9.33. The van der Waals surface area contributed by atoms with E-state index in [9.17, 15) is 4.79 Å². The molecule has 0 saturated carbocycles. The maximum Gasteiger partial charge on any atom is 0.248 e. The van der Waals surface area contributed by atoms with Gasteiger partial charge in [0.15, 0.2) is 0 Å². The third-order valence-electron chi connectivity index (χ3n) is 1.73. The second-order valence-electron chi connectivity index (χ2n) is 3.53. The summed E-state index contributed by atoms with van der Waals surface area (Å²) in [5.41, 5.74) is 5.53. The summed E-state index contributed by atoms with van der Waals surface area (Å²) in [7, 11) is 4.17. The Morgan fingerprint density at radius 2 is 1.80 bits per heavy atom. The molecular formula is C12H20N2O. The quantitative estimate of drug-likeness (QED) is 0.822. The first kappa shape index (κ1) is 13.7. The Morgan fingerprint density at radius 3 is 2.00 bits per heavy atom. The third kappa shape index (κ3) is 7.70. The van der Waals surface area contributed by atoms with E-state index in [4.69, 9.17) is 5.73 Å². The molecule has 0 bridgehead atoms. The molecule has 0 spiro atoms. The summed E-state index contributed by atoms with van der Waals surface area (Å²) >= 11 is 0. The van der Waals surface area contributed by atoms with Gasteiger partial charge in [-0.1, -0.05) is 25.1 Å². The lowest BCUT2D eigenvalue weighted by Gasteiger charge is -2.03. The molecule has 0 saturated heterocycles. The lowest BCUT2D eigenvalue weighted by Crippen LogP contribution is -2.11. The van der Waals surface area contributed by atoms with E-state index >= 15 is 0 Å². The van der Waals surface area contributed by atoms with Gasteiger partial charge in [-0.2, -0.15) is 0 Å². The highest BCUT2D eigenvalue weighted by Gasteiger charge is 1.93. The molecule has 3 heteroatoms. The molecule has 0 radical (unpaired) electrons. The number of rotatable bonds is 3. The van der Waals surface area contributed by atoms with Crippen LogP contribution in [-0.4, -0.2) is 31.4 Å². The zero-order valence-corrected chi connectivity index (χ0v) is 9.73. The highest BCUT2D eigenvalue weighted by Crippen LogP contribution is 1.94. The Balaban J connectivity index is 0.000000288. The first-order valence-corrected chi connectivity index (χ1v) is 5.07. The monoisotopic (exact) mass is 208 g/mol. The van der Waals surface area contributed by atoms with Gasteiger partial charge in [0.05, 0.1) is 0 Å². The van der Waals surface area contributed by atoms with Gasteiger partial charge in [0.1, 0.15) is 0 Å². The number of nitrogens with zero attached hydrogens (tertiary/aromatic N) is 1. The minimum Gasteiger partial charge on any atom is -0.366 e. The number of benzene rings is 1. The molecule has 0 unspecified atom stereocenters. The van der Waals surface area contributed by atoms with E-state index in [2.05, 4.69) is 25.9 Å². The summed E-state index contributed by atoms with van der Waals surface area (Å²) in [5, 5.41) is 0. The standard InChI is InChI=1S/C7H7NO.C5H13N/c8-7(9)6-4-2-1-3-5-6;1-4-5-6(2)3/h1-5H,(H2,8,9);4-5H2,1-3H3.